The van der Waals surface area contributed by atoms with Crippen LogP contribution >= 0.6 is 15.6 Å². The first-order valence-electron chi connectivity index (χ1n) is 41.4. The molecule has 0 radical (unpaired) electrons. The van der Waals surface area contributed by atoms with E-state index in [1.165, 1.54) is 19.3 Å². The lowest BCUT2D eigenvalue weighted by atomic mass is 10.1. The van der Waals surface area contributed by atoms with Crippen molar-refractivity contribution in [2.45, 2.75) is 329 Å². The third-order valence-corrected chi connectivity index (χ3v) is 18.6. The molecular formula is C89H146O17P2. The van der Waals surface area contributed by atoms with Gasteiger partial charge in [0.1, 0.15) is 19.3 Å². The van der Waals surface area contributed by atoms with Crippen molar-refractivity contribution in [2.24, 2.45) is 0 Å². The average molecular weight is 1550 g/mol. The molecule has 5 atom stereocenters. The molecule has 0 spiro atoms. The van der Waals surface area contributed by atoms with E-state index in [1.807, 2.05) is 0 Å². The van der Waals surface area contributed by atoms with Crippen LogP contribution in [0.4, 0.5) is 0 Å². The van der Waals surface area contributed by atoms with Gasteiger partial charge in [-0.25, -0.2) is 9.13 Å². The molecule has 0 amide bonds. The van der Waals surface area contributed by atoms with Gasteiger partial charge in [-0.2, -0.15) is 0 Å². The number of allylic oxidation sites excluding steroid dienone is 28. The predicted octanol–water partition coefficient (Wildman–Crippen LogP) is 24.6. The van der Waals surface area contributed by atoms with Crippen LogP contribution in [0.2, 0.25) is 0 Å². The second-order valence-electron chi connectivity index (χ2n) is 26.9. The topological polar surface area (TPSA) is 237 Å². The van der Waals surface area contributed by atoms with Crippen molar-refractivity contribution >= 4 is 39.5 Å². The molecule has 614 valence electrons. The number of carbonyl (C=O) groups is 4. The third kappa shape index (κ3) is 78.5. The summed E-state index contributed by atoms with van der Waals surface area (Å²) in [6.07, 6.45) is 94.6. The lowest BCUT2D eigenvalue weighted by Crippen LogP contribution is -2.30. The summed E-state index contributed by atoms with van der Waals surface area (Å²) in [6.45, 7) is 4.41. The van der Waals surface area contributed by atoms with Gasteiger partial charge in [0.2, 0.25) is 0 Å². The maximum Gasteiger partial charge on any atom is 0.472 e. The van der Waals surface area contributed by atoms with Gasteiger partial charge in [0.25, 0.3) is 0 Å². The first-order valence-corrected chi connectivity index (χ1v) is 44.4. The minimum Gasteiger partial charge on any atom is -0.462 e. The predicted molar refractivity (Wildman–Crippen MR) is 445 cm³/mol. The van der Waals surface area contributed by atoms with E-state index in [0.29, 0.717) is 32.1 Å². The Balaban J connectivity index is 5.46. The monoisotopic (exact) mass is 1550 g/mol. The van der Waals surface area contributed by atoms with Crippen LogP contribution in [0.25, 0.3) is 0 Å². The molecule has 17 nitrogen and oxygen atoms in total. The second-order valence-corrected chi connectivity index (χ2v) is 29.8. The number of esters is 4. The number of unbranched alkanes of at least 4 members (excludes halogenated alkanes) is 22. The highest BCUT2D eigenvalue weighted by Crippen LogP contribution is 2.45. The van der Waals surface area contributed by atoms with Crippen LogP contribution in [0.1, 0.15) is 310 Å². The molecular weight excluding hydrogens is 1400 g/mol. The fourth-order valence-electron chi connectivity index (χ4n) is 10.5. The number of aliphatic hydroxyl groups excluding tert-OH is 1. The summed E-state index contributed by atoms with van der Waals surface area (Å²) in [5.41, 5.74) is 0. The quantitative estimate of drug-likeness (QED) is 0.0169. The molecule has 0 heterocycles. The SMILES string of the molecule is CC/C=C\C/C=C\C/C=C\C/C=C\CCCCCCC(=O)OCC(COP(=O)(O)OCC(O)COP(=O)(O)OCC(COC(=O)CCCCCCCC/C=C\C/C=C\C/C=C\CCCCC)OC(=O)CCCCCCCCC/C=C\C/C=C\C/C=C\CC)OC(=O)CCCC/C=C\C/C=C\C/C=C\C/C=C\CC. The number of phosphoric acid groups is 2. The smallest absolute Gasteiger partial charge is 0.462 e. The van der Waals surface area contributed by atoms with Crippen LogP contribution in [0, 0.1) is 0 Å². The maximum atomic E-state index is 13.1. The highest BCUT2D eigenvalue weighted by atomic mass is 31.2. The minimum atomic E-state index is -5.01. The summed E-state index contributed by atoms with van der Waals surface area (Å²) in [4.78, 5) is 73.2. The number of hydrogen-bond acceptors (Lipinski definition) is 15. The number of carbonyl (C=O) groups excluding carboxylic acids is 4. The van der Waals surface area contributed by atoms with Crippen LogP contribution < -0.4 is 0 Å². The van der Waals surface area contributed by atoms with Crippen molar-refractivity contribution < 1.29 is 80.2 Å². The molecule has 3 N–H and O–H groups in total. The van der Waals surface area contributed by atoms with E-state index in [-0.39, 0.29) is 25.7 Å². The maximum absolute atomic E-state index is 13.1. The molecule has 0 saturated heterocycles. The van der Waals surface area contributed by atoms with Crippen molar-refractivity contribution in [1.82, 2.24) is 0 Å². The summed E-state index contributed by atoms with van der Waals surface area (Å²) in [5, 5.41) is 10.7. The summed E-state index contributed by atoms with van der Waals surface area (Å²) < 4.78 is 68.7. The van der Waals surface area contributed by atoms with Crippen LogP contribution in [0.5, 0.6) is 0 Å². The van der Waals surface area contributed by atoms with Crippen molar-refractivity contribution in [2.75, 3.05) is 39.6 Å². The molecule has 0 aliphatic carbocycles. The molecule has 0 bridgehead atoms. The molecule has 0 aliphatic rings. The summed E-state index contributed by atoms with van der Waals surface area (Å²) >= 11 is 0. The number of rotatable bonds is 76. The number of aliphatic hydroxyl groups is 1. The van der Waals surface area contributed by atoms with Gasteiger partial charge in [-0.15, -0.1) is 0 Å². The average Bonchev–Trinajstić information content (AvgIpc) is 0.906. The van der Waals surface area contributed by atoms with Crippen LogP contribution in [0.3, 0.4) is 0 Å². The lowest BCUT2D eigenvalue weighted by molar-refractivity contribution is -0.161. The largest absolute Gasteiger partial charge is 0.472 e. The number of phosphoric ester groups is 2. The van der Waals surface area contributed by atoms with Gasteiger partial charge in [-0.3, -0.25) is 37.3 Å². The van der Waals surface area contributed by atoms with Gasteiger partial charge < -0.3 is 33.8 Å². The molecule has 19 heteroatoms. The van der Waals surface area contributed by atoms with E-state index < -0.39 is 97.5 Å². The Labute approximate surface area is 654 Å². The van der Waals surface area contributed by atoms with Gasteiger partial charge >= 0.3 is 39.5 Å². The lowest BCUT2D eigenvalue weighted by Gasteiger charge is -2.21. The third-order valence-electron chi connectivity index (χ3n) is 16.7. The normalized spacial score (nSPS) is 14.7. The molecule has 0 fully saturated rings. The van der Waals surface area contributed by atoms with Gasteiger partial charge in [0.05, 0.1) is 26.4 Å². The van der Waals surface area contributed by atoms with Crippen LogP contribution in [0.15, 0.2) is 170 Å². The zero-order valence-corrected chi connectivity index (χ0v) is 69.0. The fourth-order valence-corrected chi connectivity index (χ4v) is 12.0. The summed E-state index contributed by atoms with van der Waals surface area (Å²) in [6, 6.07) is 0. The molecule has 108 heavy (non-hydrogen) atoms. The summed E-state index contributed by atoms with van der Waals surface area (Å²) in [5.74, 6) is -2.28. The van der Waals surface area contributed by atoms with Crippen LogP contribution in [-0.2, 0) is 65.4 Å². The van der Waals surface area contributed by atoms with Crippen LogP contribution in [-0.4, -0.2) is 96.7 Å². The Morgan fingerprint density at radius 1 is 0.269 bits per heavy atom. The number of hydrogen-bond donors (Lipinski definition) is 3. The Morgan fingerprint density at radius 3 is 0.759 bits per heavy atom. The highest BCUT2D eigenvalue weighted by Gasteiger charge is 2.30. The van der Waals surface area contributed by atoms with E-state index in [2.05, 4.69) is 198 Å². The first kappa shape index (κ1) is 102. The van der Waals surface area contributed by atoms with E-state index in [4.69, 9.17) is 37.0 Å². The molecule has 0 rings (SSSR count). The van der Waals surface area contributed by atoms with Crippen molar-refractivity contribution in [3.63, 3.8) is 0 Å². The molecule has 0 saturated carbocycles. The van der Waals surface area contributed by atoms with Gasteiger partial charge in [0.15, 0.2) is 12.2 Å². The highest BCUT2D eigenvalue weighted by molar-refractivity contribution is 7.47. The van der Waals surface area contributed by atoms with Gasteiger partial charge in [0, 0.05) is 25.7 Å². The van der Waals surface area contributed by atoms with Crippen molar-refractivity contribution in [3.8, 4) is 0 Å². The van der Waals surface area contributed by atoms with E-state index in [0.717, 1.165) is 205 Å². The molecule has 0 aromatic heterocycles. The van der Waals surface area contributed by atoms with Crippen molar-refractivity contribution in [3.05, 3.63) is 170 Å². The zero-order valence-electron chi connectivity index (χ0n) is 67.2. The minimum absolute atomic E-state index is 0.0309. The molecule has 5 unspecified atom stereocenters. The van der Waals surface area contributed by atoms with E-state index in [9.17, 15) is 43.2 Å². The fraction of sp³-hybridized carbons (Fsp3) is 0.640. The van der Waals surface area contributed by atoms with Gasteiger partial charge in [-0.05, 0) is 173 Å². The summed E-state index contributed by atoms with van der Waals surface area (Å²) in [7, 11) is -10.0. The molecule has 0 aromatic rings. The Kier molecular flexibility index (Phi) is 75.4. The number of ether oxygens (including phenoxy) is 4. The van der Waals surface area contributed by atoms with E-state index in [1.54, 1.807) is 0 Å². The molecule has 0 aromatic carbocycles. The first-order chi connectivity index (χ1) is 52.7. The van der Waals surface area contributed by atoms with E-state index >= 15 is 0 Å². The zero-order chi connectivity index (χ0) is 78.9. The van der Waals surface area contributed by atoms with Gasteiger partial charge in [-0.1, -0.05) is 281 Å². The van der Waals surface area contributed by atoms with Crippen molar-refractivity contribution in [1.29, 1.82) is 0 Å². The molecule has 0 aliphatic heterocycles. The Bertz CT molecular complexity index is 2710. The standard InChI is InChI=1S/C89H146O17P2/c1-5-9-13-17-21-25-29-33-37-40-41-44-47-50-54-58-62-66-70-74-87(92)100-80-85(106-89(94)76-72-68-64-60-56-52-48-43-39-35-31-27-23-19-15-11-7-3)82-104-108(97,98)102-78-83(90)77-101-107(95,96)103-81-84(105-88(93)75-71-67-63-59-55-51-45-36-32-28-24-20-16-12-8-4)79-99-86(91)73-69-65-61-57-53-49-46-42-38-34-30-26-22-18-14-10-6-2/h10-12,14-16,21-28,33-39,41,44-46,49,55,59,83-85,90H,5-9,13,17-20,29-32,40,42-43,47-48,50-54,56-58,60-82H2,1-4H3,(H,95,96)(H,97,98)/b14-10-,15-11-,16-12-,25-21-,26-22-,27-23-,28-24-,37-33-,38-34-,39-35-,44-41-,45-36-,49-46-,59-55-. The second kappa shape index (κ2) is 79.5. The Morgan fingerprint density at radius 2 is 0.481 bits per heavy atom. The Hall–Kier alpha value is -5.58.